The van der Waals surface area contributed by atoms with E-state index in [4.69, 9.17) is 10.5 Å². The fraction of sp³-hybridized carbons (Fsp3) is 0.125. The van der Waals surface area contributed by atoms with E-state index in [-0.39, 0.29) is 29.9 Å². The van der Waals surface area contributed by atoms with Crippen LogP contribution in [0.3, 0.4) is 0 Å². The van der Waals surface area contributed by atoms with E-state index in [0.717, 1.165) is 5.56 Å². The number of rotatable bonds is 8. The quantitative estimate of drug-likeness (QED) is 0.522. The zero-order valence-corrected chi connectivity index (χ0v) is 17.0. The molecule has 0 saturated heterocycles. The van der Waals surface area contributed by atoms with E-state index >= 15 is 0 Å². The van der Waals surface area contributed by atoms with Crippen molar-refractivity contribution in [2.75, 3.05) is 11.9 Å². The molecule has 3 amide bonds. The standard InChI is InChI=1S/C24H23N3O4/c1-16(17-9-3-2-4-10-17)26-24(30)18-11-5-7-13-20(18)27-22(28)15-31-21-14-8-6-12-19(21)23(25)29/h2-14,16H,15H2,1H3,(H2,25,29)(H,26,30)(H,27,28)/t16-/m1/s1. The summed E-state index contributed by atoms with van der Waals surface area (Å²) in [6, 6.07) is 22.5. The predicted molar refractivity (Wildman–Crippen MR) is 118 cm³/mol. The zero-order valence-electron chi connectivity index (χ0n) is 17.0. The molecule has 7 nitrogen and oxygen atoms in total. The molecule has 0 spiro atoms. The predicted octanol–water partition coefficient (Wildman–Crippen LogP) is 3.29. The molecule has 0 heterocycles. The fourth-order valence-electron chi connectivity index (χ4n) is 3.02. The number of hydrogen-bond donors (Lipinski definition) is 3. The number of carbonyl (C=O) groups excluding carboxylic acids is 3. The van der Waals surface area contributed by atoms with Crippen LogP contribution in [-0.2, 0) is 4.79 Å². The molecule has 0 radical (unpaired) electrons. The second-order valence-corrected chi connectivity index (χ2v) is 6.85. The maximum absolute atomic E-state index is 12.8. The maximum atomic E-state index is 12.8. The third kappa shape index (κ3) is 5.70. The highest BCUT2D eigenvalue weighted by Gasteiger charge is 2.17. The van der Waals surface area contributed by atoms with Crippen LogP contribution in [0, 0.1) is 0 Å². The highest BCUT2D eigenvalue weighted by atomic mass is 16.5. The SMILES string of the molecule is C[C@@H](NC(=O)c1ccccc1NC(=O)COc1ccccc1C(N)=O)c1ccccc1. The minimum absolute atomic E-state index is 0.185. The summed E-state index contributed by atoms with van der Waals surface area (Å²) in [4.78, 5) is 36.7. The van der Waals surface area contributed by atoms with Crippen LogP contribution in [0.5, 0.6) is 5.75 Å². The van der Waals surface area contributed by atoms with Crippen molar-refractivity contribution in [3.05, 3.63) is 95.6 Å². The van der Waals surface area contributed by atoms with E-state index in [2.05, 4.69) is 10.6 Å². The van der Waals surface area contributed by atoms with Gasteiger partial charge in [-0.05, 0) is 36.8 Å². The number of nitrogens with one attached hydrogen (secondary N) is 2. The first-order valence-electron chi connectivity index (χ1n) is 9.72. The first kappa shape index (κ1) is 21.6. The van der Waals surface area contributed by atoms with Crippen molar-refractivity contribution in [3.63, 3.8) is 0 Å². The Morgan fingerprint density at radius 3 is 2.19 bits per heavy atom. The number of primary amides is 1. The monoisotopic (exact) mass is 417 g/mol. The molecule has 3 rings (SSSR count). The Bertz CT molecular complexity index is 1080. The Kier molecular flexibility index (Phi) is 7.01. The second kappa shape index (κ2) is 10.1. The Morgan fingerprint density at radius 1 is 0.871 bits per heavy atom. The van der Waals surface area contributed by atoms with Gasteiger partial charge < -0.3 is 21.1 Å². The van der Waals surface area contributed by atoms with Gasteiger partial charge in [0.2, 0.25) is 0 Å². The fourth-order valence-corrected chi connectivity index (χ4v) is 3.02. The summed E-state index contributed by atoms with van der Waals surface area (Å²) < 4.78 is 5.44. The number of amides is 3. The van der Waals surface area contributed by atoms with Crippen LogP contribution in [-0.4, -0.2) is 24.3 Å². The normalized spacial score (nSPS) is 11.3. The van der Waals surface area contributed by atoms with Gasteiger partial charge in [0.25, 0.3) is 17.7 Å². The number of para-hydroxylation sites is 2. The van der Waals surface area contributed by atoms with Crippen LogP contribution in [0.25, 0.3) is 0 Å². The summed E-state index contributed by atoms with van der Waals surface area (Å²) in [5, 5.41) is 5.61. The highest BCUT2D eigenvalue weighted by molar-refractivity contribution is 6.04. The van der Waals surface area contributed by atoms with Crippen molar-refractivity contribution in [1.29, 1.82) is 0 Å². The Labute approximate surface area is 180 Å². The van der Waals surface area contributed by atoms with Crippen molar-refractivity contribution in [1.82, 2.24) is 5.32 Å². The summed E-state index contributed by atoms with van der Waals surface area (Å²) in [5.74, 6) is -1.22. The number of benzene rings is 3. The van der Waals surface area contributed by atoms with Crippen molar-refractivity contribution in [3.8, 4) is 5.75 Å². The van der Waals surface area contributed by atoms with Gasteiger partial charge in [0.1, 0.15) is 5.75 Å². The summed E-state index contributed by atoms with van der Waals surface area (Å²) in [6.45, 7) is 1.54. The van der Waals surface area contributed by atoms with Crippen LogP contribution in [0.1, 0.15) is 39.2 Å². The number of nitrogens with two attached hydrogens (primary N) is 1. The van der Waals surface area contributed by atoms with E-state index in [9.17, 15) is 14.4 Å². The van der Waals surface area contributed by atoms with Gasteiger partial charge in [0.05, 0.1) is 22.9 Å². The number of hydrogen-bond acceptors (Lipinski definition) is 4. The van der Waals surface area contributed by atoms with E-state index in [0.29, 0.717) is 11.3 Å². The van der Waals surface area contributed by atoms with Crippen LogP contribution in [0.15, 0.2) is 78.9 Å². The molecule has 4 N–H and O–H groups in total. The lowest BCUT2D eigenvalue weighted by molar-refractivity contribution is -0.118. The Balaban J connectivity index is 1.65. The zero-order chi connectivity index (χ0) is 22.2. The molecule has 0 aliphatic carbocycles. The smallest absolute Gasteiger partial charge is 0.262 e. The van der Waals surface area contributed by atoms with E-state index < -0.39 is 11.8 Å². The molecule has 0 bridgehead atoms. The van der Waals surface area contributed by atoms with Gasteiger partial charge in [-0.1, -0.05) is 54.6 Å². The molecule has 0 aliphatic rings. The summed E-state index contributed by atoms with van der Waals surface area (Å²) >= 11 is 0. The van der Waals surface area contributed by atoms with E-state index in [1.54, 1.807) is 42.5 Å². The average Bonchev–Trinajstić information content (AvgIpc) is 2.78. The van der Waals surface area contributed by atoms with Crippen LogP contribution >= 0.6 is 0 Å². The molecule has 3 aromatic rings. The number of ether oxygens (including phenoxy) is 1. The third-order valence-electron chi connectivity index (χ3n) is 4.60. The van der Waals surface area contributed by atoms with Crippen LogP contribution in [0.4, 0.5) is 5.69 Å². The lowest BCUT2D eigenvalue weighted by atomic mass is 10.1. The molecule has 7 heteroatoms. The van der Waals surface area contributed by atoms with Gasteiger partial charge in [0.15, 0.2) is 6.61 Å². The van der Waals surface area contributed by atoms with Gasteiger partial charge in [0, 0.05) is 0 Å². The largest absolute Gasteiger partial charge is 0.483 e. The second-order valence-electron chi connectivity index (χ2n) is 6.85. The van der Waals surface area contributed by atoms with Crippen molar-refractivity contribution in [2.45, 2.75) is 13.0 Å². The molecular weight excluding hydrogens is 394 g/mol. The number of carbonyl (C=O) groups is 3. The van der Waals surface area contributed by atoms with Gasteiger partial charge >= 0.3 is 0 Å². The lowest BCUT2D eigenvalue weighted by Crippen LogP contribution is -2.28. The minimum Gasteiger partial charge on any atom is -0.483 e. The van der Waals surface area contributed by atoms with Crippen molar-refractivity contribution < 1.29 is 19.1 Å². The molecule has 0 saturated carbocycles. The third-order valence-corrected chi connectivity index (χ3v) is 4.60. The molecule has 158 valence electrons. The van der Waals surface area contributed by atoms with Gasteiger partial charge in [-0.25, -0.2) is 0 Å². The Hall–Kier alpha value is -4.13. The van der Waals surface area contributed by atoms with Crippen molar-refractivity contribution >= 4 is 23.4 Å². The van der Waals surface area contributed by atoms with Gasteiger partial charge in [-0.2, -0.15) is 0 Å². The molecule has 0 aliphatic heterocycles. The van der Waals surface area contributed by atoms with E-state index in [1.807, 2.05) is 37.3 Å². The van der Waals surface area contributed by atoms with Crippen LogP contribution < -0.4 is 21.1 Å². The van der Waals surface area contributed by atoms with Gasteiger partial charge in [-0.3, -0.25) is 14.4 Å². The van der Waals surface area contributed by atoms with Crippen molar-refractivity contribution in [2.24, 2.45) is 5.73 Å². The molecule has 1 atom stereocenters. The first-order chi connectivity index (χ1) is 15.0. The molecule has 0 aromatic heterocycles. The topological polar surface area (TPSA) is 111 Å². The van der Waals surface area contributed by atoms with E-state index in [1.165, 1.54) is 6.07 Å². The Morgan fingerprint density at radius 2 is 1.48 bits per heavy atom. The van der Waals surface area contributed by atoms with Gasteiger partial charge in [-0.15, -0.1) is 0 Å². The highest BCUT2D eigenvalue weighted by Crippen LogP contribution is 2.19. The maximum Gasteiger partial charge on any atom is 0.262 e. The number of anilines is 1. The minimum atomic E-state index is -0.648. The summed E-state index contributed by atoms with van der Waals surface area (Å²) in [5.41, 5.74) is 7.16. The summed E-state index contributed by atoms with van der Waals surface area (Å²) in [7, 11) is 0. The molecule has 31 heavy (non-hydrogen) atoms. The summed E-state index contributed by atoms with van der Waals surface area (Å²) in [6.07, 6.45) is 0. The molecular formula is C24H23N3O4. The lowest BCUT2D eigenvalue weighted by Gasteiger charge is -2.16. The first-order valence-corrected chi connectivity index (χ1v) is 9.72. The molecule has 0 fully saturated rings. The average molecular weight is 417 g/mol. The molecule has 3 aromatic carbocycles. The van der Waals surface area contributed by atoms with Crippen LogP contribution in [0.2, 0.25) is 0 Å². The molecule has 0 unspecified atom stereocenters.